The molecule has 0 aliphatic carbocycles. The van der Waals surface area contributed by atoms with Gasteiger partial charge in [-0.05, 0) is 62.6 Å². The Morgan fingerprint density at radius 1 is 1.12 bits per heavy atom. The Bertz CT molecular complexity index is 1410. The van der Waals surface area contributed by atoms with Gasteiger partial charge in [0, 0.05) is 18.5 Å². The van der Waals surface area contributed by atoms with Crippen molar-refractivity contribution < 1.29 is 24.2 Å². The molecule has 1 aliphatic heterocycles. The molecule has 178 valence electrons. The number of aryl methyl sites for hydroxylation is 1. The third-order valence-electron chi connectivity index (χ3n) is 5.82. The number of hydrogen-bond donors (Lipinski definition) is 1. The van der Waals surface area contributed by atoms with Crippen molar-refractivity contribution in [2.45, 2.75) is 39.8 Å². The first-order chi connectivity index (χ1) is 16.0. The summed E-state index contributed by atoms with van der Waals surface area (Å²) < 4.78 is 12.7. The zero-order chi connectivity index (χ0) is 24.8. The van der Waals surface area contributed by atoms with Crippen LogP contribution in [-0.4, -0.2) is 52.4 Å². The van der Waals surface area contributed by atoms with Crippen LogP contribution in [0.2, 0.25) is 0 Å². The van der Waals surface area contributed by atoms with E-state index in [1.165, 1.54) is 7.11 Å². The normalized spacial score (nSPS) is 13.9. The van der Waals surface area contributed by atoms with Gasteiger partial charge in [0.05, 0.1) is 23.5 Å². The highest BCUT2D eigenvalue weighted by molar-refractivity contribution is 5.99. The Balaban J connectivity index is 1.85. The van der Waals surface area contributed by atoms with Crippen molar-refractivity contribution in [2.24, 2.45) is 0 Å². The molecule has 0 unspecified atom stereocenters. The molecule has 1 aliphatic rings. The van der Waals surface area contributed by atoms with Gasteiger partial charge in [0.15, 0.2) is 5.43 Å². The van der Waals surface area contributed by atoms with E-state index < -0.39 is 17.7 Å². The van der Waals surface area contributed by atoms with Crippen LogP contribution < -0.4 is 10.2 Å². The van der Waals surface area contributed by atoms with E-state index in [0.29, 0.717) is 40.6 Å². The molecule has 1 N–H and O–H groups in total. The molecular weight excluding hydrogens is 436 g/mol. The fourth-order valence-electron chi connectivity index (χ4n) is 4.32. The molecule has 0 fully saturated rings. The second-order valence-corrected chi connectivity index (χ2v) is 9.44. The van der Waals surface area contributed by atoms with Gasteiger partial charge in [-0.1, -0.05) is 18.2 Å². The largest absolute Gasteiger partial charge is 0.494 e. The lowest BCUT2D eigenvalue weighted by molar-refractivity contribution is -0.137. The predicted octanol–water partition coefficient (Wildman–Crippen LogP) is 4.19. The maximum Gasteiger partial charge on any atom is 0.410 e. The predicted molar refractivity (Wildman–Crippen MR) is 130 cm³/mol. The standard InChI is InChI=1S/C26H28N2O6/c1-15-6-8-19-22(24(15)33-5)28(14-21(29)30)20-12-16(7-9-18(20)23(19)31)17-10-11-27(13-17)25(32)34-26(2,3)4/h6-10,12H,11,13-14H2,1-5H3,(H,29,30). The average Bonchev–Trinajstić information content (AvgIpc) is 3.25. The third-order valence-corrected chi connectivity index (χ3v) is 5.82. The molecule has 2 aromatic carbocycles. The summed E-state index contributed by atoms with van der Waals surface area (Å²) >= 11 is 0. The van der Waals surface area contributed by atoms with E-state index in [1.54, 1.807) is 27.7 Å². The van der Waals surface area contributed by atoms with E-state index in [2.05, 4.69) is 0 Å². The molecule has 1 aromatic heterocycles. The number of rotatable bonds is 4. The number of fused-ring (bicyclic) bond motifs is 2. The Kier molecular flexibility index (Phi) is 5.85. The minimum absolute atomic E-state index is 0.188. The maximum atomic E-state index is 13.3. The van der Waals surface area contributed by atoms with Crippen LogP contribution >= 0.6 is 0 Å². The number of ether oxygens (including phenoxy) is 2. The first kappa shape index (κ1) is 23.4. The molecule has 4 rings (SSSR count). The van der Waals surface area contributed by atoms with Crippen molar-refractivity contribution in [3.8, 4) is 5.75 Å². The van der Waals surface area contributed by atoms with Crippen LogP contribution in [-0.2, 0) is 16.1 Å². The van der Waals surface area contributed by atoms with Crippen molar-refractivity contribution in [3.05, 3.63) is 57.8 Å². The van der Waals surface area contributed by atoms with E-state index in [-0.39, 0.29) is 12.0 Å². The smallest absolute Gasteiger partial charge is 0.410 e. The molecule has 8 nitrogen and oxygen atoms in total. The lowest BCUT2D eigenvalue weighted by Crippen LogP contribution is -2.35. The fourth-order valence-corrected chi connectivity index (χ4v) is 4.32. The number of pyridine rings is 1. The van der Waals surface area contributed by atoms with E-state index in [4.69, 9.17) is 9.47 Å². The second kappa shape index (κ2) is 8.52. The highest BCUT2D eigenvalue weighted by Crippen LogP contribution is 2.32. The second-order valence-electron chi connectivity index (χ2n) is 9.44. The van der Waals surface area contributed by atoms with Gasteiger partial charge in [-0.15, -0.1) is 0 Å². The van der Waals surface area contributed by atoms with Crippen LogP contribution in [0.15, 0.2) is 41.2 Å². The molecule has 1 amide bonds. The zero-order valence-corrected chi connectivity index (χ0v) is 20.0. The van der Waals surface area contributed by atoms with Crippen LogP contribution in [0.1, 0.15) is 31.9 Å². The number of aromatic nitrogens is 1. The van der Waals surface area contributed by atoms with Gasteiger partial charge >= 0.3 is 12.1 Å². The molecule has 0 radical (unpaired) electrons. The van der Waals surface area contributed by atoms with E-state index >= 15 is 0 Å². The maximum absolute atomic E-state index is 13.3. The monoisotopic (exact) mass is 464 g/mol. The van der Waals surface area contributed by atoms with Gasteiger partial charge in [-0.25, -0.2) is 4.79 Å². The number of carboxylic acids is 1. The number of carbonyl (C=O) groups excluding carboxylic acids is 1. The quantitative estimate of drug-likeness (QED) is 0.582. The summed E-state index contributed by atoms with van der Waals surface area (Å²) in [6.07, 6.45) is 1.55. The van der Waals surface area contributed by atoms with Crippen molar-refractivity contribution >= 4 is 39.4 Å². The van der Waals surface area contributed by atoms with Gasteiger partial charge in [-0.2, -0.15) is 0 Å². The van der Waals surface area contributed by atoms with Crippen LogP contribution in [0.3, 0.4) is 0 Å². The summed E-state index contributed by atoms with van der Waals surface area (Å²) in [7, 11) is 1.51. The van der Waals surface area contributed by atoms with Crippen LogP contribution in [0, 0.1) is 6.92 Å². The Hall–Kier alpha value is -3.81. The van der Waals surface area contributed by atoms with E-state index in [0.717, 1.165) is 16.7 Å². The van der Waals surface area contributed by atoms with Crippen molar-refractivity contribution in [3.63, 3.8) is 0 Å². The van der Waals surface area contributed by atoms with Gasteiger partial charge < -0.3 is 24.0 Å². The molecular formula is C26H28N2O6. The summed E-state index contributed by atoms with van der Waals surface area (Å²) in [6.45, 7) is 7.75. The molecule has 2 heterocycles. The van der Waals surface area contributed by atoms with Crippen LogP contribution in [0.4, 0.5) is 4.79 Å². The Morgan fingerprint density at radius 2 is 1.82 bits per heavy atom. The minimum atomic E-state index is -1.03. The zero-order valence-electron chi connectivity index (χ0n) is 20.0. The highest BCUT2D eigenvalue weighted by Gasteiger charge is 2.26. The number of hydrogen-bond acceptors (Lipinski definition) is 5. The Morgan fingerprint density at radius 3 is 2.47 bits per heavy atom. The molecule has 8 heteroatoms. The number of aliphatic carboxylic acids is 1. The molecule has 0 bridgehead atoms. The van der Waals surface area contributed by atoms with Crippen LogP contribution in [0.5, 0.6) is 5.75 Å². The Labute approximate surface area is 197 Å². The SMILES string of the molecule is COc1c(C)ccc2c(=O)c3ccc(C4=CCN(C(=O)OC(C)(C)C)C4)cc3n(CC(=O)O)c12. The third kappa shape index (κ3) is 4.23. The molecule has 34 heavy (non-hydrogen) atoms. The fraction of sp³-hybridized carbons (Fsp3) is 0.346. The van der Waals surface area contributed by atoms with Gasteiger partial charge in [0.2, 0.25) is 0 Å². The van der Waals surface area contributed by atoms with E-state index in [9.17, 15) is 19.5 Å². The summed E-state index contributed by atoms with van der Waals surface area (Å²) in [4.78, 5) is 39.2. The van der Waals surface area contributed by atoms with Crippen molar-refractivity contribution in [1.82, 2.24) is 9.47 Å². The van der Waals surface area contributed by atoms with Crippen LogP contribution in [0.25, 0.3) is 27.4 Å². The molecule has 0 atom stereocenters. The van der Waals surface area contributed by atoms with Gasteiger partial charge in [-0.3, -0.25) is 9.59 Å². The number of methoxy groups -OCH3 is 1. The van der Waals surface area contributed by atoms with E-state index in [1.807, 2.05) is 45.9 Å². The molecule has 0 saturated heterocycles. The molecule has 0 spiro atoms. The summed E-state index contributed by atoms with van der Waals surface area (Å²) in [5.41, 5.74) is 2.69. The lowest BCUT2D eigenvalue weighted by Gasteiger charge is -2.24. The number of amides is 1. The topological polar surface area (TPSA) is 98.1 Å². The first-order valence-corrected chi connectivity index (χ1v) is 11.0. The number of benzene rings is 2. The number of carboxylic acid groups (broad SMARTS) is 1. The molecule has 0 saturated carbocycles. The minimum Gasteiger partial charge on any atom is -0.494 e. The number of carbonyl (C=O) groups is 2. The van der Waals surface area contributed by atoms with Crippen molar-refractivity contribution in [2.75, 3.05) is 20.2 Å². The average molecular weight is 465 g/mol. The summed E-state index contributed by atoms with van der Waals surface area (Å²) in [6, 6.07) is 8.86. The summed E-state index contributed by atoms with van der Waals surface area (Å²) in [5, 5.41) is 10.5. The first-order valence-electron chi connectivity index (χ1n) is 11.0. The highest BCUT2D eigenvalue weighted by atomic mass is 16.6. The molecule has 3 aromatic rings. The lowest BCUT2D eigenvalue weighted by atomic mass is 10.0. The summed E-state index contributed by atoms with van der Waals surface area (Å²) in [5.74, 6) is -0.560. The van der Waals surface area contributed by atoms with Gasteiger partial charge in [0.1, 0.15) is 17.9 Å². The van der Waals surface area contributed by atoms with Gasteiger partial charge in [0.25, 0.3) is 0 Å². The number of nitrogens with zero attached hydrogens (tertiary/aromatic N) is 2. The van der Waals surface area contributed by atoms with Crippen molar-refractivity contribution in [1.29, 1.82) is 0 Å².